The Morgan fingerprint density at radius 2 is 1.97 bits per heavy atom. The highest BCUT2D eigenvalue weighted by molar-refractivity contribution is 5.99. The van der Waals surface area contributed by atoms with E-state index in [2.05, 4.69) is 25.5 Å². The molecule has 0 spiro atoms. The lowest BCUT2D eigenvalue weighted by Crippen LogP contribution is -2.16. The van der Waals surface area contributed by atoms with Crippen LogP contribution >= 0.6 is 0 Å². The van der Waals surface area contributed by atoms with Gasteiger partial charge in [-0.3, -0.25) is 5.10 Å². The molecule has 1 atom stereocenters. The maximum Gasteiger partial charge on any atom is 0.326 e. The minimum Gasteiger partial charge on any atom is -0.421 e. The summed E-state index contributed by atoms with van der Waals surface area (Å²) in [6.07, 6.45) is -0.636. The number of halogens is 2. The number of hydrogen-bond acceptors (Lipinski definition) is 6. The van der Waals surface area contributed by atoms with Gasteiger partial charge >= 0.3 is 6.01 Å². The maximum atomic E-state index is 14.0. The second-order valence-electron chi connectivity index (χ2n) is 6.87. The number of aromatic amines is 1. The molecule has 4 aromatic rings. The van der Waals surface area contributed by atoms with Gasteiger partial charge in [0.05, 0.1) is 11.5 Å². The van der Waals surface area contributed by atoms with E-state index in [1.807, 2.05) is 31.2 Å². The van der Waals surface area contributed by atoms with Gasteiger partial charge in [0.25, 0.3) is 0 Å². The van der Waals surface area contributed by atoms with Crippen LogP contribution in [0.1, 0.15) is 12.5 Å². The number of ether oxygens (including phenoxy) is 1. The molecule has 2 heterocycles. The fraction of sp³-hybridized carbons (Fsp3) is 0.190. The largest absolute Gasteiger partial charge is 0.421 e. The standard InChI is InChI=1S/C21H19F2N5O2/c1-11-5-3-4-6-14(11)18-17-19(24-10-12(2)29)25-21(26-20(17)28-27-18)30-16-8-7-13(22)9-15(16)23/h3-9,12,29H,10H2,1-2H3,(H2,24,25,26,27,28)/t12-/m0/s1. The molecule has 0 radical (unpaired) electrons. The highest BCUT2D eigenvalue weighted by Crippen LogP contribution is 2.34. The number of benzene rings is 2. The van der Waals surface area contributed by atoms with Crippen molar-refractivity contribution in [3.63, 3.8) is 0 Å². The summed E-state index contributed by atoms with van der Waals surface area (Å²) >= 11 is 0. The second kappa shape index (κ2) is 8.03. The molecule has 2 aromatic carbocycles. The molecule has 3 N–H and O–H groups in total. The average molecular weight is 411 g/mol. The number of fused-ring (bicyclic) bond motifs is 1. The van der Waals surface area contributed by atoms with Crippen LogP contribution in [0.5, 0.6) is 11.8 Å². The monoisotopic (exact) mass is 411 g/mol. The first-order valence-electron chi connectivity index (χ1n) is 9.29. The molecule has 0 unspecified atom stereocenters. The van der Waals surface area contributed by atoms with E-state index in [-0.39, 0.29) is 18.3 Å². The van der Waals surface area contributed by atoms with Crippen LogP contribution in [0.15, 0.2) is 42.5 Å². The molecule has 2 aromatic heterocycles. The molecular weight excluding hydrogens is 392 g/mol. The predicted molar refractivity (Wildman–Crippen MR) is 108 cm³/mol. The molecule has 0 saturated heterocycles. The number of aromatic nitrogens is 4. The third kappa shape index (κ3) is 3.92. The highest BCUT2D eigenvalue weighted by atomic mass is 19.1. The Morgan fingerprint density at radius 3 is 2.70 bits per heavy atom. The van der Waals surface area contributed by atoms with Gasteiger partial charge in [0.2, 0.25) is 0 Å². The number of aliphatic hydroxyl groups excluding tert-OH is 1. The van der Waals surface area contributed by atoms with Crippen LogP contribution in [0.4, 0.5) is 14.6 Å². The molecular formula is C21H19F2N5O2. The number of hydrogen-bond donors (Lipinski definition) is 3. The van der Waals surface area contributed by atoms with E-state index in [1.165, 1.54) is 0 Å². The number of nitrogens with zero attached hydrogens (tertiary/aromatic N) is 3. The third-order valence-electron chi connectivity index (χ3n) is 4.46. The lowest BCUT2D eigenvalue weighted by molar-refractivity contribution is 0.208. The van der Waals surface area contributed by atoms with Gasteiger partial charge in [-0.25, -0.2) is 8.78 Å². The van der Waals surface area contributed by atoms with Crippen LogP contribution in [0.25, 0.3) is 22.3 Å². The zero-order valence-electron chi connectivity index (χ0n) is 16.3. The Kier molecular flexibility index (Phi) is 5.28. The van der Waals surface area contributed by atoms with Crippen LogP contribution < -0.4 is 10.1 Å². The number of rotatable bonds is 6. The van der Waals surface area contributed by atoms with Gasteiger partial charge in [0, 0.05) is 18.2 Å². The Labute approximate surface area is 170 Å². The van der Waals surface area contributed by atoms with Crippen LogP contribution in [0.2, 0.25) is 0 Å². The Hall–Kier alpha value is -3.59. The fourth-order valence-corrected chi connectivity index (χ4v) is 3.02. The van der Waals surface area contributed by atoms with Gasteiger partial charge in [-0.05, 0) is 31.5 Å². The molecule has 154 valence electrons. The average Bonchev–Trinajstić information content (AvgIpc) is 3.12. The first-order valence-corrected chi connectivity index (χ1v) is 9.29. The third-order valence-corrected chi connectivity index (χ3v) is 4.46. The summed E-state index contributed by atoms with van der Waals surface area (Å²) in [6.45, 7) is 3.82. The molecule has 4 rings (SSSR count). The van der Waals surface area contributed by atoms with Crippen LogP contribution in [-0.2, 0) is 0 Å². The van der Waals surface area contributed by atoms with Crippen LogP contribution in [0, 0.1) is 18.6 Å². The molecule has 0 aliphatic carbocycles. The normalized spacial score (nSPS) is 12.2. The summed E-state index contributed by atoms with van der Waals surface area (Å²) in [5, 5.41) is 20.6. The van der Waals surface area contributed by atoms with Gasteiger partial charge in [0.1, 0.15) is 17.3 Å². The molecule has 0 fully saturated rings. The van der Waals surface area contributed by atoms with Gasteiger partial charge in [-0.2, -0.15) is 15.1 Å². The van der Waals surface area contributed by atoms with Gasteiger partial charge in [-0.15, -0.1) is 0 Å². The second-order valence-corrected chi connectivity index (χ2v) is 6.87. The minimum absolute atomic E-state index is 0.152. The van der Waals surface area contributed by atoms with E-state index in [9.17, 15) is 13.9 Å². The van der Waals surface area contributed by atoms with E-state index < -0.39 is 17.7 Å². The quantitative estimate of drug-likeness (QED) is 0.440. The first-order chi connectivity index (χ1) is 14.4. The summed E-state index contributed by atoms with van der Waals surface area (Å²) in [5.74, 6) is -1.43. The van der Waals surface area contributed by atoms with Crippen molar-refractivity contribution in [3.8, 4) is 23.0 Å². The summed E-state index contributed by atoms with van der Waals surface area (Å²) < 4.78 is 32.6. The van der Waals surface area contributed by atoms with Gasteiger partial charge < -0.3 is 15.2 Å². The number of H-pyrrole nitrogens is 1. The highest BCUT2D eigenvalue weighted by Gasteiger charge is 2.19. The molecule has 9 heteroatoms. The Balaban J connectivity index is 1.82. The zero-order valence-corrected chi connectivity index (χ0v) is 16.3. The Bertz CT molecular complexity index is 1210. The summed E-state index contributed by atoms with van der Waals surface area (Å²) in [7, 11) is 0. The van der Waals surface area contributed by atoms with Crippen LogP contribution in [0.3, 0.4) is 0 Å². The topological polar surface area (TPSA) is 96.0 Å². The molecule has 7 nitrogen and oxygen atoms in total. The minimum atomic E-state index is -0.873. The molecule has 0 saturated carbocycles. The number of nitrogens with one attached hydrogen (secondary N) is 2. The summed E-state index contributed by atoms with van der Waals surface area (Å²) in [6, 6.07) is 10.5. The lowest BCUT2D eigenvalue weighted by atomic mass is 10.0. The lowest BCUT2D eigenvalue weighted by Gasteiger charge is -2.12. The smallest absolute Gasteiger partial charge is 0.326 e. The van der Waals surface area contributed by atoms with Crippen molar-refractivity contribution in [2.24, 2.45) is 0 Å². The van der Waals surface area contributed by atoms with Gasteiger partial charge in [0.15, 0.2) is 17.2 Å². The molecule has 0 aliphatic rings. The SMILES string of the molecule is Cc1ccccc1-c1n[nH]c2nc(Oc3ccc(F)cc3F)nc(NC[C@H](C)O)c12. The summed E-state index contributed by atoms with van der Waals surface area (Å²) in [5.41, 5.74) is 2.91. The fourth-order valence-electron chi connectivity index (χ4n) is 3.02. The number of aryl methyl sites for hydroxylation is 1. The first kappa shape index (κ1) is 19.7. The van der Waals surface area contributed by atoms with Crippen molar-refractivity contribution >= 4 is 16.9 Å². The van der Waals surface area contributed by atoms with E-state index in [0.717, 1.165) is 23.3 Å². The molecule has 30 heavy (non-hydrogen) atoms. The number of anilines is 1. The van der Waals surface area contributed by atoms with Gasteiger partial charge in [-0.1, -0.05) is 24.3 Å². The van der Waals surface area contributed by atoms with Crippen molar-refractivity contribution in [1.82, 2.24) is 20.2 Å². The predicted octanol–water partition coefficient (Wildman–Crippen LogP) is 4.19. The van der Waals surface area contributed by atoms with Crippen molar-refractivity contribution in [2.45, 2.75) is 20.0 Å². The molecule has 0 amide bonds. The molecule has 0 aliphatic heterocycles. The van der Waals surface area contributed by atoms with E-state index in [0.29, 0.717) is 28.6 Å². The van der Waals surface area contributed by atoms with E-state index >= 15 is 0 Å². The van der Waals surface area contributed by atoms with Crippen LogP contribution in [-0.4, -0.2) is 37.9 Å². The summed E-state index contributed by atoms with van der Waals surface area (Å²) in [4.78, 5) is 8.63. The Morgan fingerprint density at radius 1 is 1.17 bits per heavy atom. The van der Waals surface area contributed by atoms with E-state index in [4.69, 9.17) is 4.74 Å². The van der Waals surface area contributed by atoms with Crippen molar-refractivity contribution in [3.05, 3.63) is 59.7 Å². The van der Waals surface area contributed by atoms with E-state index in [1.54, 1.807) is 6.92 Å². The zero-order chi connectivity index (χ0) is 21.3. The molecule has 0 bridgehead atoms. The van der Waals surface area contributed by atoms with Crippen molar-refractivity contribution < 1.29 is 18.6 Å². The maximum absolute atomic E-state index is 14.0. The van der Waals surface area contributed by atoms with Crippen molar-refractivity contribution in [2.75, 3.05) is 11.9 Å². The number of aliphatic hydroxyl groups is 1. The van der Waals surface area contributed by atoms with Crippen molar-refractivity contribution in [1.29, 1.82) is 0 Å².